The zero-order chi connectivity index (χ0) is 16.2. The van der Waals surface area contributed by atoms with E-state index in [0.717, 1.165) is 5.56 Å². The molecular formula is C15H23FN2O3S. The quantitative estimate of drug-likeness (QED) is 0.805. The lowest BCUT2D eigenvalue weighted by Gasteiger charge is -2.26. The smallest absolute Gasteiger partial charge is 0.211 e. The Morgan fingerprint density at radius 3 is 2.64 bits per heavy atom. The topological polar surface area (TPSA) is 60.9 Å². The number of halogens is 1. The normalized spacial score (nSPS) is 23.3. The maximum absolute atomic E-state index is 13.4. The summed E-state index contributed by atoms with van der Waals surface area (Å²) in [4.78, 5) is 1.83. The van der Waals surface area contributed by atoms with E-state index in [9.17, 15) is 17.9 Å². The van der Waals surface area contributed by atoms with E-state index in [2.05, 4.69) is 0 Å². The molecule has 7 heteroatoms. The molecule has 2 rings (SSSR count). The number of nitrogens with zero attached hydrogens (tertiary/aromatic N) is 2. The average molecular weight is 330 g/mol. The van der Waals surface area contributed by atoms with Crippen LogP contribution in [0.25, 0.3) is 0 Å². The molecule has 1 fully saturated rings. The lowest BCUT2D eigenvalue weighted by molar-refractivity contribution is 0.152. The first-order valence-electron chi connectivity index (χ1n) is 7.38. The van der Waals surface area contributed by atoms with Crippen LogP contribution in [0.4, 0.5) is 4.39 Å². The maximum atomic E-state index is 13.4. The summed E-state index contributed by atoms with van der Waals surface area (Å²) in [6.45, 7) is 1.17. The predicted octanol–water partition coefficient (Wildman–Crippen LogP) is 0.853. The standard InChI is InChI=1S/C15H23FN2O3S/c1-22(20,21)18(10-13-5-3-2-4-6-13)8-7-17-11-14(16)9-15(17)12-19/h2-6,14-15,19H,7-12H2,1H3/t14-,15-/m0/s1. The van der Waals surface area contributed by atoms with Gasteiger partial charge in [0.1, 0.15) is 6.17 Å². The van der Waals surface area contributed by atoms with Crippen LogP contribution in [0.15, 0.2) is 30.3 Å². The molecule has 1 aromatic carbocycles. The Labute approximate surface area is 131 Å². The van der Waals surface area contributed by atoms with E-state index in [1.165, 1.54) is 10.6 Å². The monoisotopic (exact) mass is 330 g/mol. The number of sulfonamides is 1. The second-order valence-corrected chi connectivity index (χ2v) is 7.73. The summed E-state index contributed by atoms with van der Waals surface area (Å²) >= 11 is 0. The van der Waals surface area contributed by atoms with Crippen LogP contribution in [0, 0.1) is 0 Å². The van der Waals surface area contributed by atoms with Gasteiger partial charge in [0.25, 0.3) is 0 Å². The van der Waals surface area contributed by atoms with Gasteiger partial charge in [0, 0.05) is 32.2 Å². The van der Waals surface area contributed by atoms with Crippen molar-refractivity contribution in [3.8, 4) is 0 Å². The summed E-state index contributed by atoms with van der Waals surface area (Å²) < 4.78 is 38.7. The van der Waals surface area contributed by atoms with Crippen molar-refractivity contribution in [3.63, 3.8) is 0 Å². The first-order valence-corrected chi connectivity index (χ1v) is 9.23. The molecule has 1 heterocycles. The molecular weight excluding hydrogens is 307 g/mol. The summed E-state index contributed by atoms with van der Waals surface area (Å²) in [6.07, 6.45) is 0.549. The Balaban J connectivity index is 1.99. The van der Waals surface area contributed by atoms with Gasteiger partial charge in [-0.05, 0) is 12.0 Å². The van der Waals surface area contributed by atoms with E-state index in [1.807, 2.05) is 35.2 Å². The van der Waals surface area contributed by atoms with E-state index >= 15 is 0 Å². The molecule has 0 unspecified atom stereocenters. The number of hydrogen-bond donors (Lipinski definition) is 1. The average Bonchev–Trinajstić information content (AvgIpc) is 2.83. The van der Waals surface area contributed by atoms with Crippen molar-refractivity contribution in [3.05, 3.63) is 35.9 Å². The highest BCUT2D eigenvalue weighted by Crippen LogP contribution is 2.20. The third kappa shape index (κ3) is 4.74. The first kappa shape index (κ1) is 17.3. The van der Waals surface area contributed by atoms with Crippen molar-refractivity contribution in [2.24, 2.45) is 0 Å². The molecule has 124 valence electrons. The largest absolute Gasteiger partial charge is 0.395 e. The predicted molar refractivity (Wildman–Crippen MR) is 83.7 cm³/mol. The number of aliphatic hydroxyl groups excluding tert-OH is 1. The van der Waals surface area contributed by atoms with E-state index < -0.39 is 16.2 Å². The van der Waals surface area contributed by atoms with E-state index in [4.69, 9.17) is 0 Å². The van der Waals surface area contributed by atoms with Gasteiger partial charge in [-0.2, -0.15) is 4.31 Å². The third-order valence-corrected chi connectivity index (χ3v) is 5.24. The molecule has 1 N–H and O–H groups in total. The van der Waals surface area contributed by atoms with Gasteiger partial charge in [0.2, 0.25) is 10.0 Å². The Morgan fingerprint density at radius 2 is 2.05 bits per heavy atom. The third-order valence-electron chi connectivity index (χ3n) is 3.99. The highest BCUT2D eigenvalue weighted by atomic mass is 32.2. The maximum Gasteiger partial charge on any atom is 0.211 e. The summed E-state index contributed by atoms with van der Waals surface area (Å²) in [5.74, 6) is 0. The van der Waals surface area contributed by atoms with E-state index in [-0.39, 0.29) is 25.7 Å². The minimum absolute atomic E-state index is 0.0992. The Kier molecular flexibility index (Phi) is 5.91. The van der Waals surface area contributed by atoms with Gasteiger partial charge in [-0.25, -0.2) is 12.8 Å². The van der Waals surface area contributed by atoms with Gasteiger partial charge in [-0.1, -0.05) is 30.3 Å². The summed E-state index contributed by atoms with van der Waals surface area (Å²) in [5.41, 5.74) is 0.913. The molecule has 0 spiro atoms. The van der Waals surface area contributed by atoms with Gasteiger partial charge in [-0.15, -0.1) is 0 Å². The molecule has 0 bridgehead atoms. The first-order chi connectivity index (χ1) is 10.4. The minimum atomic E-state index is -3.34. The minimum Gasteiger partial charge on any atom is -0.395 e. The van der Waals surface area contributed by atoms with Crippen LogP contribution in [0.1, 0.15) is 12.0 Å². The molecule has 1 aromatic rings. The lowest BCUT2D eigenvalue weighted by Crippen LogP contribution is -2.41. The fourth-order valence-electron chi connectivity index (χ4n) is 2.78. The summed E-state index contributed by atoms with van der Waals surface area (Å²) in [7, 11) is -3.34. The molecule has 0 aromatic heterocycles. The van der Waals surface area contributed by atoms with Gasteiger partial charge in [-0.3, -0.25) is 4.90 Å². The fourth-order valence-corrected chi connectivity index (χ4v) is 3.57. The molecule has 2 atom stereocenters. The summed E-state index contributed by atoms with van der Waals surface area (Å²) in [5, 5.41) is 9.27. The van der Waals surface area contributed by atoms with Crippen molar-refractivity contribution < 1.29 is 17.9 Å². The van der Waals surface area contributed by atoms with Gasteiger partial charge in [0.05, 0.1) is 12.9 Å². The van der Waals surface area contributed by atoms with Crippen LogP contribution in [0.5, 0.6) is 0 Å². The second kappa shape index (κ2) is 7.50. The fraction of sp³-hybridized carbons (Fsp3) is 0.600. The molecule has 1 aliphatic rings. The zero-order valence-electron chi connectivity index (χ0n) is 12.7. The highest BCUT2D eigenvalue weighted by Gasteiger charge is 2.32. The van der Waals surface area contributed by atoms with Crippen LogP contribution >= 0.6 is 0 Å². The van der Waals surface area contributed by atoms with Crippen LogP contribution in [-0.2, 0) is 16.6 Å². The van der Waals surface area contributed by atoms with Crippen LogP contribution in [-0.4, -0.2) is 67.4 Å². The number of benzene rings is 1. The molecule has 1 saturated heterocycles. The Bertz CT molecular complexity index is 567. The van der Waals surface area contributed by atoms with Crippen molar-refractivity contribution >= 4 is 10.0 Å². The van der Waals surface area contributed by atoms with Gasteiger partial charge >= 0.3 is 0 Å². The van der Waals surface area contributed by atoms with E-state index in [1.54, 1.807) is 0 Å². The summed E-state index contributed by atoms with van der Waals surface area (Å²) in [6, 6.07) is 9.15. The Hall–Kier alpha value is -1.02. The zero-order valence-corrected chi connectivity index (χ0v) is 13.5. The van der Waals surface area contributed by atoms with Crippen LogP contribution in [0.2, 0.25) is 0 Å². The van der Waals surface area contributed by atoms with Crippen molar-refractivity contribution in [2.45, 2.75) is 25.2 Å². The lowest BCUT2D eigenvalue weighted by atomic mass is 10.2. The van der Waals surface area contributed by atoms with E-state index in [0.29, 0.717) is 19.5 Å². The molecule has 22 heavy (non-hydrogen) atoms. The number of rotatable bonds is 7. The number of likely N-dealkylation sites (tertiary alicyclic amines) is 1. The number of aliphatic hydroxyl groups is 1. The second-order valence-electron chi connectivity index (χ2n) is 5.75. The van der Waals surface area contributed by atoms with Crippen molar-refractivity contribution in [1.29, 1.82) is 0 Å². The molecule has 0 radical (unpaired) electrons. The van der Waals surface area contributed by atoms with Crippen LogP contribution in [0.3, 0.4) is 0 Å². The van der Waals surface area contributed by atoms with Crippen molar-refractivity contribution in [2.75, 3.05) is 32.5 Å². The van der Waals surface area contributed by atoms with Gasteiger partial charge in [0.15, 0.2) is 0 Å². The van der Waals surface area contributed by atoms with Gasteiger partial charge < -0.3 is 5.11 Å². The SMILES string of the molecule is CS(=O)(=O)N(CCN1C[C@@H](F)C[C@H]1CO)Cc1ccccc1. The number of hydrogen-bond acceptors (Lipinski definition) is 4. The molecule has 0 aliphatic carbocycles. The van der Waals surface area contributed by atoms with Crippen LogP contribution < -0.4 is 0 Å². The molecule has 1 aliphatic heterocycles. The highest BCUT2D eigenvalue weighted by molar-refractivity contribution is 7.88. The number of alkyl halides is 1. The molecule has 0 amide bonds. The Morgan fingerprint density at radius 1 is 1.36 bits per heavy atom. The van der Waals surface area contributed by atoms with Crippen molar-refractivity contribution in [1.82, 2.24) is 9.21 Å². The molecule has 0 saturated carbocycles. The molecule has 5 nitrogen and oxygen atoms in total.